The number of hydrogen-bond acceptors (Lipinski definition) is 2. The molecule has 2 aliphatic rings. The number of aromatic hydroxyl groups is 1. The van der Waals surface area contributed by atoms with Gasteiger partial charge in [0, 0.05) is 11.1 Å². The van der Waals surface area contributed by atoms with Crippen molar-refractivity contribution in [1.82, 2.24) is 0 Å². The van der Waals surface area contributed by atoms with Gasteiger partial charge in [0.2, 0.25) is 0 Å². The summed E-state index contributed by atoms with van der Waals surface area (Å²) < 4.78 is 0. The van der Waals surface area contributed by atoms with Gasteiger partial charge in [-0.1, -0.05) is 84.9 Å². The Labute approximate surface area is 208 Å². The standard InChI is InChI=1S/C33H22O3/c34-32-30(26-13-5-11-24-22-9-3-1-7-19(22)15-28(24)26)17-21(33(35)36)18-31(32)27-14-6-12-25-23-10-4-2-8-20(23)16-29(25)27/h1-14,17-18,34H,15-16H2,(H,35,36). The minimum absolute atomic E-state index is 0.119. The number of hydrogen-bond donors (Lipinski definition) is 2. The third-order valence-electron chi connectivity index (χ3n) is 7.64. The fourth-order valence-corrected chi connectivity index (χ4v) is 5.99. The van der Waals surface area contributed by atoms with Gasteiger partial charge in [-0.3, -0.25) is 0 Å². The first kappa shape index (κ1) is 20.7. The molecule has 5 aromatic carbocycles. The lowest BCUT2D eigenvalue weighted by molar-refractivity contribution is 0.0697. The first-order valence-electron chi connectivity index (χ1n) is 12.1. The van der Waals surface area contributed by atoms with Gasteiger partial charge in [0.05, 0.1) is 5.56 Å². The summed E-state index contributed by atoms with van der Waals surface area (Å²) in [4.78, 5) is 12.2. The second kappa shape index (κ2) is 7.69. The Morgan fingerprint density at radius 1 is 0.528 bits per heavy atom. The second-order valence-electron chi connectivity index (χ2n) is 9.56. The molecule has 2 N–H and O–H groups in total. The number of rotatable bonds is 3. The van der Waals surface area contributed by atoms with Crippen molar-refractivity contribution in [2.75, 3.05) is 0 Å². The molecular weight excluding hydrogens is 444 g/mol. The summed E-state index contributed by atoms with van der Waals surface area (Å²) in [5.41, 5.74) is 12.4. The van der Waals surface area contributed by atoms with Gasteiger partial charge >= 0.3 is 5.97 Å². The predicted octanol–water partition coefficient (Wildman–Crippen LogP) is 7.57. The van der Waals surface area contributed by atoms with Gasteiger partial charge in [0.15, 0.2) is 0 Å². The molecule has 3 heteroatoms. The Bertz CT molecular complexity index is 1610. The van der Waals surface area contributed by atoms with E-state index in [1.165, 1.54) is 22.3 Å². The van der Waals surface area contributed by atoms with E-state index in [9.17, 15) is 15.0 Å². The summed E-state index contributed by atoms with van der Waals surface area (Å²) in [5, 5.41) is 21.7. The molecule has 172 valence electrons. The SMILES string of the molecule is O=C(O)c1cc(-c2cccc3c2Cc2ccccc2-3)c(O)c(-c2cccc3c2Cc2ccccc2-3)c1. The fraction of sp³-hybridized carbons (Fsp3) is 0.0606. The van der Waals surface area contributed by atoms with Crippen molar-refractivity contribution in [3.05, 3.63) is 125 Å². The first-order chi connectivity index (χ1) is 17.6. The number of carbonyl (C=O) groups is 1. The maximum absolute atomic E-state index is 12.2. The summed E-state index contributed by atoms with van der Waals surface area (Å²) in [7, 11) is 0. The van der Waals surface area contributed by atoms with Crippen LogP contribution in [0.5, 0.6) is 5.75 Å². The molecule has 0 radical (unpaired) electrons. The van der Waals surface area contributed by atoms with Gasteiger partial charge in [-0.05, 0) is 80.6 Å². The van der Waals surface area contributed by atoms with Crippen molar-refractivity contribution in [3.63, 3.8) is 0 Å². The molecule has 0 aliphatic heterocycles. The number of fused-ring (bicyclic) bond motifs is 6. The van der Waals surface area contributed by atoms with Crippen molar-refractivity contribution >= 4 is 5.97 Å². The van der Waals surface area contributed by atoms with Crippen LogP contribution in [-0.4, -0.2) is 16.2 Å². The summed E-state index contributed by atoms with van der Waals surface area (Å²) >= 11 is 0. The molecule has 0 atom stereocenters. The molecule has 0 spiro atoms. The lowest BCUT2D eigenvalue weighted by Gasteiger charge is -2.17. The van der Waals surface area contributed by atoms with Crippen LogP contribution in [0.15, 0.2) is 97.1 Å². The molecule has 0 saturated carbocycles. The Kier molecular flexibility index (Phi) is 4.43. The minimum Gasteiger partial charge on any atom is -0.507 e. The van der Waals surface area contributed by atoms with Gasteiger partial charge in [-0.25, -0.2) is 4.79 Å². The van der Waals surface area contributed by atoms with Gasteiger partial charge in [0.25, 0.3) is 0 Å². The van der Waals surface area contributed by atoms with E-state index in [1.807, 2.05) is 48.5 Å². The predicted molar refractivity (Wildman–Crippen MR) is 142 cm³/mol. The molecule has 0 fully saturated rings. The molecule has 2 aliphatic carbocycles. The van der Waals surface area contributed by atoms with Crippen LogP contribution in [0, 0.1) is 0 Å². The highest BCUT2D eigenvalue weighted by Crippen LogP contribution is 2.48. The zero-order chi connectivity index (χ0) is 24.4. The number of carboxylic acids is 1. The fourth-order valence-electron chi connectivity index (χ4n) is 5.99. The topological polar surface area (TPSA) is 57.5 Å². The molecule has 0 unspecified atom stereocenters. The quantitative estimate of drug-likeness (QED) is 0.282. The average molecular weight is 467 g/mol. The van der Waals surface area contributed by atoms with Crippen LogP contribution < -0.4 is 0 Å². The van der Waals surface area contributed by atoms with Gasteiger partial charge in [0.1, 0.15) is 5.75 Å². The van der Waals surface area contributed by atoms with Crippen LogP contribution in [-0.2, 0) is 12.8 Å². The second-order valence-corrected chi connectivity index (χ2v) is 9.56. The lowest BCUT2D eigenvalue weighted by atomic mass is 9.88. The Morgan fingerprint density at radius 3 is 1.36 bits per heavy atom. The molecule has 0 amide bonds. The highest BCUT2D eigenvalue weighted by molar-refractivity contribution is 5.98. The van der Waals surface area contributed by atoms with Crippen LogP contribution in [0.3, 0.4) is 0 Å². The minimum atomic E-state index is -1.01. The van der Waals surface area contributed by atoms with E-state index in [4.69, 9.17) is 0 Å². The van der Waals surface area contributed by atoms with E-state index in [-0.39, 0.29) is 11.3 Å². The summed E-state index contributed by atoms with van der Waals surface area (Å²) in [6.45, 7) is 0. The van der Waals surface area contributed by atoms with Crippen molar-refractivity contribution in [2.24, 2.45) is 0 Å². The van der Waals surface area contributed by atoms with Crippen LogP contribution in [0.1, 0.15) is 32.6 Å². The van der Waals surface area contributed by atoms with Crippen LogP contribution in [0.2, 0.25) is 0 Å². The van der Waals surface area contributed by atoms with Gasteiger partial charge < -0.3 is 10.2 Å². The molecule has 5 aromatic rings. The van der Waals surface area contributed by atoms with E-state index in [1.54, 1.807) is 12.1 Å². The smallest absolute Gasteiger partial charge is 0.335 e. The number of carboxylic acid groups (broad SMARTS) is 1. The van der Waals surface area contributed by atoms with E-state index in [0.29, 0.717) is 11.1 Å². The number of aromatic carboxylic acids is 1. The van der Waals surface area contributed by atoms with E-state index in [0.717, 1.165) is 46.2 Å². The lowest BCUT2D eigenvalue weighted by Crippen LogP contribution is -2.00. The monoisotopic (exact) mass is 466 g/mol. The number of phenolic OH excluding ortho intramolecular Hbond substituents is 1. The van der Waals surface area contributed by atoms with Gasteiger partial charge in [-0.15, -0.1) is 0 Å². The third kappa shape index (κ3) is 2.96. The summed E-state index contributed by atoms with van der Waals surface area (Å²) in [6.07, 6.45) is 1.51. The molecule has 0 bridgehead atoms. The van der Waals surface area contributed by atoms with Crippen LogP contribution in [0.4, 0.5) is 0 Å². The van der Waals surface area contributed by atoms with E-state index >= 15 is 0 Å². The molecular formula is C33H22O3. The molecule has 0 heterocycles. The molecule has 0 aromatic heterocycles. The number of phenols is 1. The van der Waals surface area contributed by atoms with Gasteiger partial charge in [-0.2, -0.15) is 0 Å². The maximum Gasteiger partial charge on any atom is 0.335 e. The van der Waals surface area contributed by atoms with E-state index in [2.05, 4.69) is 36.4 Å². The summed E-state index contributed by atoms with van der Waals surface area (Å²) in [5.74, 6) is -0.891. The molecule has 0 saturated heterocycles. The van der Waals surface area contributed by atoms with Crippen molar-refractivity contribution in [1.29, 1.82) is 0 Å². The summed E-state index contributed by atoms with van der Waals surface area (Å²) in [6, 6.07) is 32.0. The Morgan fingerprint density at radius 2 is 0.917 bits per heavy atom. The van der Waals surface area contributed by atoms with Crippen molar-refractivity contribution in [3.8, 4) is 50.3 Å². The largest absolute Gasteiger partial charge is 0.507 e. The van der Waals surface area contributed by atoms with Crippen LogP contribution in [0.25, 0.3) is 44.5 Å². The number of benzene rings is 5. The van der Waals surface area contributed by atoms with Crippen molar-refractivity contribution in [2.45, 2.75) is 12.8 Å². The zero-order valence-electron chi connectivity index (χ0n) is 19.5. The zero-order valence-corrected chi connectivity index (χ0v) is 19.5. The molecule has 36 heavy (non-hydrogen) atoms. The highest BCUT2D eigenvalue weighted by Gasteiger charge is 2.27. The first-order valence-corrected chi connectivity index (χ1v) is 12.1. The Hall–Kier alpha value is -4.63. The third-order valence-corrected chi connectivity index (χ3v) is 7.64. The molecule has 7 rings (SSSR count). The van der Waals surface area contributed by atoms with E-state index < -0.39 is 5.97 Å². The Balaban J connectivity index is 1.46. The average Bonchev–Trinajstić information content (AvgIpc) is 3.47. The highest BCUT2D eigenvalue weighted by atomic mass is 16.4. The molecule has 3 nitrogen and oxygen atoms in total. The van der Waals surface area contributed by atoms with Crippen LogP contribution >= 0.6 is 0 Å². The normalized spacial score (nSPS) is 12.6. The maximum atomic E-state index is 12.2. The van der Waals surface area contributed by atoms with Crippen molar-refractivity contribution < 1.29 is 15.0 Å².